The van der Waals surface area contributed by atoms with E-state index >= 15 is 0 Å². The Balaban J connectivity index is 2.84. The third-order valence-electron chi connectivity index (χ3n) is 1.53. The van der Waals surface area contributed by atoms with E-state index in [0.717, 1.165) is 4.47 Å². The third-order valence-corrected chi connectivity index (χ3v) is 2.21. The molecule has 1 N–H and O–H groups in total. The molecule has 1 aromatic rings. The summed E-state index contributed by atoms with van der Waals surface area (Å²) >= 11 is 9.06. The summed E-state index contributed by atoms with van der Waals surface area (Å²) in [5.41, 5.74) is 0.534. The molecule has 74 valence electrons. The van der Waals surface area contributed by atoms with Gasteiger partial charge in [0.15, 0.2) is 0 Å². The molecule has 1 rings (SSSR count). The van der Waals surface area contributed by atoms with Crippen LogP contribution in [0.25, 0.3) is 0 Å². The molecule has 0 radical (unpaired) electrons. The van der Waals surface area contributed by atoms with Crippen LogP contribution in [-0.4, -0.2) is 12.5 Å². The first kappa shape index (κ1) is 11.3. The number of rotatable bonds is 3. The van der Waals surface area contributed by atoms with E-state index in [4.69, 9.17) is 11.6 Å². The molecule has 4 heteroatoms. The van der Waals surface area contributed by atoms with Gasteiger partial charge in [0.05, 0.1) is 0 Å². The van der Waals surface area contributed by atoms with Crippen molar-refractivity contribution in [1.82, 2.24) is 5.32 Å². The summed E-state index contributed by atoms with van der Waals surface area (Å²) < 4.78 is 0.786. The van der Waals surface area contributed by atoms with Gasteiger partial charge in [-0.1, -0.05) is 33.6 Å². The molecule has 0 unspecified atom stereocenters. The summed E-state index contributed by atoms with van der Waals surface area (Å²) in [5, 5.41) is 3.20. The fraction of sp³-hybridized carbons (Fsp3) is 0.100. The molecule has 0 aliphatic carbocycles. The maximum absolute atomic E-state index is 11.5. The Morgan fingerprint density at radius 2 is 2.29 bits per heavy atom. The third kappa shape index (κ3) is 3.16. The predicted octanol–water partition coefficient (Wildman–Crippen LogP) is 3.02. The highest BCUT2D eigenvalue weighted by molar-refractivity contribution is 9.10. The van der Waals surface area contributed by atoms with Gasteiger partial charge in [-0.3, -0.25) is 4.79 Å². The van der Waals surface area contributed by atoms with Crippen molar-refractivity contribution in [1.29, 1.82) is 0 Å². The minimum Gasteiger partial charge on any atom is -0.349 e. The van der Waals surface area contributed by atoms with Crippen LogP contribution in [0.3, 0.4) is 0 Å². The average molecular weight is 275 g/mol. The Hall–Kier alpha value is -0.800. The van der Waals surface area contributed by atoms with Crippen molar-refractivity contribution >= 4 is 33.4 Å². The van der Waals surface area contributed by atoms with Gasteiger partial charge in [-0.15, -0.1) is 6.58 Å². The van der Waals surface area contributed by atoms with Gasteiger partial charge in [0.2, 0.25) is 0 Å². The molecule has 14 heavy (non-hydrogen) atoms. The Morgan fingerprint density at radius 3 is 2.86 bits per heavy atom. The second kappa shape index (κ2) is 5.17. The van der Waals surface area contributed by atoms with E-state index in [2.05, 4.69) is 27.8 Å². The first-order valence-corrected chi connectivity index (χ1v) is 5.16. The van der Waals surface area contributed by atoms with E-state index in [9.17, 15) is 4.79 Å². The maximum atomic E-state index is 11.5. The van der Waals surface area contributed by atoms with E-state index in [-0.39, 0.29) is 5.91 Å². The normalized spacial score (nSPS) is 9.57. The van der Waals surface area contributed by atoms with Crippen molar-refractivity contribution in [3.05, 3.63) is 45.9 Å². The highest BCUT2D eigenvalue weighted by Gasteiger charge is 2.05. The highest BCUT2D eigenvalue weighted by Crippen LogP contribution is 2.19. The predicted molar refractivity (Wildman–Crippen MR) is 61.7 cm³/mol. The van der Waals surface area contributed by atoms with Crippen LogP contribution in [0.1, 0.15) is 10.4 Å². The van der Waals surface area contributed by atoms with Gasteiger partial charge < -0.3 is 5.32 Å². The summed E-state index contributed by atoms with van der Waals surface area (Å²) in [4.78, 5) is 11.5. The number of amides is 1. The molecular formula is C10H9BrClNO. The number of nitrogens with one attached hydrogen (secondary N) is 1. The molecule has 0 aliphatic heterocycles. The van der Waals surface area contributed by atoms with Gasteiger partial charge in [0.1, 0.15) is 0 Å². The van der Waals surface area contributed by atoms with Gasteiger partial charge in [0, 0.05) is 21.6 Å². The fourth-order valence-electron chi connectivity index (χ4n) is 0.952. The van der Waals surface area contributed by atoms with Crippen LogP contribution in [0.5, 0.6) is 0 Å². The van der Waals surface area contributed by atoms with Crippen LogP contribution in [0, 0.1) is 0 Å². The van der Waals surface area contributed by atoms with Crippen LogP contribution in [-0.2, 0) is 0 Å². The molecule has 0 bridgehead atoms. The summed E-state index contributed by atoms with van der Waals surface area (Å²) in [6, 6.07) is 5.06. The molecule has 1 amide bonds. The maximum Gasteiger partial charge on any atom is 0.251 e. The van der Waals surface area contributed by atoms with Crippen molar-refractivity contribution in [3.8, 4) is 0 Å². The van der Waals surface area contributed by atoms with Crippen LogP contribution < -0.4 is 5.32 Å². The van der Waals surface area contributed by atoms with E-state index in [1.54, 1.807) is 24.3 Å². The van der Waals surface area contributed by atoms with Crippen molar-refractivity contribution < 1.29 is 4.79 Å². The number of benzene rings is 1. The molecule has 0 fully saturated rings. The summed E-state index contributed by atoms with van der Waals surface area (Å²) in [7, 11) is 0. The molecule has 0 saturated carbocycles. The molecule has 0 saturated heterocycles. The molecule has 2 nitrogen and oxygen atoms in total. The molecule has 1 aromatic carbocycles. The van der Waals surface area contributed by atoms with E-state index in [1.807, 2.05) is 0 Å². The highest BCUT2D eigenvalue weighted by atomic mass is 79.9. The van der Waals surface area contributed by atoms with Crippen molar-refractivity contribution in [3.63, 3.8) is 0 Å². The lowest BCUT2D eigenvalue weighted by Gasteiger charge is -2.03. The zero-order valence-electron chi connectivity index (χ0n) is 7.39. The molecule has 0 heterocycles. The van der Waals surface area contributed by atoms with Crippen LogP contribution in [0.2, 0.25) is 5.02 Å². The van der Waals surface area contributed by atoms with Crippen LogP contribution in [0.4, 0.5) is 0 Å². The van der Waals surface area contributed by atoms with Crippen molar-refractivity contribution in [2.75, 3.05) is 6.54 Å². The first-order chi connectivity index (χ1) is 6.63. The topological polar surface area (TPSA) is 29.1 Å². The average Bonchev–Trinajstić information content (AvgIpc) is 2.12. The Kier molecular flexibility index (Phi) is 4.17. The van der Waals surface area contributed by atoms with Crippen LogP contribution >= 0.6 is 27.5 Å². The monoisotopic (exact) mass is 273 g/mol. The SMILES string of the molecule is C=CCNC(=O)c1cc(Cl)cc(Br)c1. The van der Waals surface area contributed by atoms with E-state index in [1.165, 1.54) is 0 Å². The Labute approximate surface area is 96.1 Å². The molecular weight excluding hydrogens is 265 g/mol. The quantitative estimate of drug-likeness (QED) is 0.844. The largest absolute Gasteiger partial charge is 0.349 e. The smallest absolute Gasteiger partial charge is 0.251 e. The summed E-state index contributed by atoms with van der Waals surface area (Å²) in [6.07, 6.45) is 1.62. The summed E-state index contributed by atoms with van der Waals surface area (Å²) in [5.74, 6) is -0.159. The van der Waals surface area contributed by atoms with Crippen LogP contribution in [0.15, 0.2) is 35.3 Å². The minimum atomic E-state index is -0.159. The lowest BCUT2D eigenvalue weighted by atomic mass is 10.2. The Bertz CT molecular complexity index is 345. The Morgan fingerprint density at radius 1 is 1.57 bits per heavy atom. The van der Waals surface area contributed by atoms with Gasteiger partial charge in [-0.05, 0) is 18.2 Å². The number of hydrogen-bond donors (Lipinski definition) is 1. The van der Waals surface area contributed by atoms with Crippen molar-refractivity contribution in [2.45, 2.75) is 0 Å². The van der Waals surface area contributed by atoms with Gasteiger partial charge in [-0.25, -0.2) is 0 Å². The minimum absolute atomic E-state index is 0.159. The summed E-state index contributed by atoms with van der Waals surface area (Å²) in [6.45, 7) is 3.96. The van der Waals surface area contributed by atoms with Gasteiger partial charge in [-0.2, -0.15) is 0 Å². The van der Waals surface area contributed by atoms with Gasteiger partial charge in [0.25, 0.3) is 5.91 Å². The van der Waals surface area contributed by atoms with E-state index in [0.29, 0.717) is 17.1 Å². The molecule has 0 aliphatic rings. The van der Waals surface area contributed by atoms with E-state index < -0.39 is 0 Å². The molecule has 0 aromatic heterocycles. The number of hydrogen-bond acceptors (Lipinski definition) is 1. The van der Waals surface area contributed by atoms with Crippen molar-refractivity contribution in [2.24, 2.45) is 0 Å². The lowest BCUT2D eigenvalue weighted by molar-refractivity contribution is 0.0958. The van der Waals surface area contributed by atoms with Gasteiger partial charge >= 0.3 is 0 Å². The number of halogens is 2. The number of carbonyl (C=O) groups is 1. The second-order valence-electron chi connectivity index (χ2n) is 2.66. The zero-order chi connectivity index (χ0) is 10.6. The standard InChI is InChI=1S/C10H9BrClNO/c1-2-3-13-10(14)7-4-8(11)6-9(12)5-7/h2,4-6H,1,3H2,(H,13,14). The molecule has 0 spiro atoms. The fourth-order valence-corrected chi connectivity index (χ4v) is 1.81. The zero-order valence-corrected chi connectivity index (χ0v) is 9.73. The molecule has 0 atom stereocenters. The second-order valence-corrected chi connectivity index (χ2v) is 4.01. The lowest BCUT2D eigenvalue weighted by Crippen LogP contribution is -2.23. The first-order valence-electron chi connectivity index (χ1n) is 3.98. The number of carbonyl (C=O) groups excluding carboxylic acids is 1.